The quantitative estimate of drug-likeness (QED) is 0.0729. The molecule has 324 valence electrons. The third-order valence-corrected chi connectivity index (χ3v) is 16.3. The SMILES string of the molecule is CN=C1NCSSC[C@@H]2CCC[C@@]2(Cc2ccc(O)c(OC)c2)C(=O)/C=C/CC2(CCCC2)c2cc(c(O)c(O[C@@]3(CNC)CC[C@@H](C[C@H](O)OC4CCCC4)C3)c2)N1. The number of nitrogens with one attached hydrogen (secondary N) is 3. The molecule has 4 fully saturated rings. The summed E-state index contributed by atoms with van der Waals surface area (Å²) in [5.41, 5.74) is 1.21. The van der Waals surface area contributed by atoms with Crippen LogP contribution in [0.3, 0.4) is 0 Å². The molecule has 11 nitrogen and oxygen atoms in total. The summed E-state index contributed by atoms with van der Waals surface area (Å²) in [5.74, 6) is 3.55. The summed E-state index contributed by atoms with van der Waals surface area (Å²) in [4.78, 5) is 19.2. The Morgan fingerprint density at radius 1 is 0.983 bits per heavy atom. The summed E-state index contributed by atoms with van der Waals surface area (Å²) in [6, 6.07) is 9.57. The number of phenolic OH excluding ortho intramolecular Hbond substituents is 2. The molecule has 5 aliphatic rings. The summed E-state index contributed by atoms with van der Waals surface area (Å²) >= 11 is 0. The van der Waals surface area contributed by atoms with Gasteiger partial charge in [0, 0.05) is 31.2 Å². The maximum atomic E-state index is 14.7. The van der Waals surface area contributed by atoms with E-state index in [-0.39, 0.29) is 40.6 Å². The normalized spacial score (nSPS) is 29.5. The number of methoxy groups -OCH3 is 1. The van der Waals surface area contributed by atoms with Crippen LogP contribution in [0.25, 0.3) is 0 Å². The number of aromatic hydroxyl groups is 2. The number of ether oxygens (including phenoxy) is 3. The van der Waals surface area contributed by atoms with Gasteiger partial charge in [-0.1, -0.05) is 65.8 Å². The lowest BCUT2D eigenvalue weighted by molar-refractivity contribution is -0.143. The molecule has 7 rings (SSSR count). The first-order chi connectivity index (χ1) is 28.6. The van der Waals surface area contributed by atoms with Crippen LogP contribution < -0.4 is 25.4 Å². The van der Waals surface area contributed by atoms with Gasteiger partial charge >= 0.3 is 0 Å². The third-order valence-electron chi connectivity index (χ3n) is 14.0. The standard InChI is InChI=1S/C46H66N4O7S2/c1-47-29-45(21-16-32(26-45)23-41(53)56-35-11-4-5-12-35)57-39-25-34-24-36(42(39)54)50-43(48-2)49-30-59-58-28-33-10-8-20-46(33,27-31-14-15-37(51)38(22-31)55-3)40(52)13-9-19-44(34)17-6-7-18-44/h9,13-15,22,24-25,32-33,35,41,47,51,53-54H,4-8,10-12,16-21,23,26-30H2,1-3H3,(H2,48,49,50)/b13-9+/t32-,33-,41+,45-,46-/m0/s1. The number of fused-ring (bicyclic) bond motifs is 4. The van der Waals surface area contributed by atoms with Crippen LogP contribution in [-0.4, -0.2) is 84.4 Å². The van der Waals surface area contributed by atoms with E-state index in [4.69, 9.17) is 14.2 Å². The van der Waals surface area contributed by atoms with Crippen molar-refractivity contribution in [1.82, 2.24) is 10.6 Å². The number of guanidine groups is 1. The minimum absolute atomic E-state index is 0.0414. The number of nitrogens with zero attached hydrogens (tertiary/aromatic N) is 1. The van der Waals surface area contributed by atoms with Gasteiger partial charge in [-0.05, 0) is 136 Å². The molecule has 2 bridgehead atoms. The number of carbonyl (C=O) groups excluding carboxylic acids is 1. The highest BCUT2D eigenvalue weighted by Crippen LogP contribution is 2.52. The maximum absolute atomic E-state index is 14.7. The molecule has 1 spiro atoms. The number of carbonyl (C=O) groups is 1. The Morgan fingerprint density at radius 2 is 1.80 bits per heavy atom. The van der Waals surface area contributed by atoms with E-state index in [1.54, 1.807) is 41.8 Å². The van der Waals surface area contributed by atoms with Gasteiger partial charge < -0.3 is 45.5 Å². The van der Waals surface area contributed by atoms with Gasteiger partial charge in [0.2, 0.25) is 0 Å². The highest BCUT2D eigenvalue weighted by Gasteiger charge is 2.48. The van der Waals surface area contributed by atoms with Gasteiger partial charge in [0.25, 0.3) is 0 Å². The molecular weight excluding hydrogens is 785 g/mol. The van der Waals surface area contributed by atoms with E-state index in [2.05, 4.69) is 33.1 Å². The number of allylic oxidation sites excluding steroid dienone is 2. The molecule has 1 heterocycles. The summed E-state index contributed by atoms with van der Waals surface area (Å²) in [7, 11) is 8.69. The molecule has 2 aromatic carbocycles. The van der Waals surface area contributed by atoms with Crippen molar-refractivity contribution < 1.29 is 34.3 Å². The Morgan fingerprint density at radius 3 is 2.56 bits per heavy atom. The molecule has 4 saturated carbocycles. The zero-order valence-electron chi connectivity index (χ0n) is 35.2. The lowest BCUT2D eigenvalue weighted by atomic mass is 9.70. The van der Waals surface area contributed by atoms with Gasteiger partial charge in [-0.2, -0.15) is 0 Å². The van der Waals surface area contributed by atoms with Gasteiger partial charge in [-0.15, -0.1) is 0 Å². The Kier molecular flexibility index (Phi) is 14.7. The summed E-state index contributed by atoms with van der Waals surface area (Å²) < 4.78 is 18.5. The van der Waals surface area contributed by atoms with Crippen LogP contribution in [0.4, 0.5) is 5.69 Å². The monoisotopic (exact) mass is 850 g/mol. The molecule has 0 saturated heterocycles. The van der Waals surface area contributed by atoms with Crippen LogP contribution in [0.5, 0.6) is 23.0 Å². The van der Waals surface area contributed by atoms with Crippen LogP contribution in [0, 0.1) is 17.3 Å². The summed E-state index contributed by atoms with van der Waals surface area (Å²) in [5, 5.41) is 43.5. The number of hydrogen-bond donors (Lipinski definition) is 6. The predicted molar refractivity (Wildman–Crippen MR) is 239 cm³/mol. The molecule has 6 N–H and O–H groups in total. The van der Waals surface area contributed by atoms with E-state index in [0.29, 0.717) is 54.8 Å². The number of likely N-dealkylation sites (N-methyl/N-ethyl adjacent to an activating group) is 1. The van der Waals surface area contributed by atoms with Crippen molar-refractivity contribution >= 4 is 39.0 Å². The van der Waals surface area contributed by atoms with Crippen LogP contribution in [0.1, 0.15) is 114 Å². The number of aliphatic hydroxyl groups is 1. The van der Waals surface area contributed by atoms with Crippen LogP contribution in [0.15, 0.2) is 47.5 Å². The van der Waals surface area contributed by atoms with E-state index in [9.17, 15) is 20.1 Å². The number of aliphatic hydroxyl groups excluding tert-OH is 1. The van der Waals surface area contributed by atoms with Crippen molar-refractivity contribution in [2.45, 2.75) is 133 Å². The van der Waals surface area contributed by atoms with Gasteiger partial charge in [0.15, 0.2) is 41.0 Å². The van der Waals surface area contributed by atoms with Gasteiger partial charge in [-0.3, -0.25) is 9.79 Å². The number of ketones is 1. The minimum atomic E-state index is -0.783. The summed E-state index contributed by atoms with van der Waals surface area (Å²) in [6.45, 7) is 0.600. The summed E-state index contributed by atoms with van der Waals surface area (Å²) in [6.07, 6.45) is 18.9. The molecule has 13 heteroatoms. The zero-order chi connectivity index (χ0) is 41.5. The predicted octanol–water partition coefficient (Wildman–Crippen LogP) is 8.61. The second kappa shape index (κ2) is 19.7. The molecule has 59 heavy (non-hydrogen) atoms. The molecule has 0 radical (unpaired) electrons. The fourth-order valence-corrected chi connectivity index (χ4v) is 13.2. The van der Waals surface area contributed by atoms with E-state index >= 15 is 0 Å². The smallest absolute Gasteiger partial charge is 0.196 e. The second-order valence-corrected chi connectivity index (χ2v) is 20.3. The maximum Gasteiger partial charge on any atom is 0.196 e. The molecule has 0 unspecified atom stereocenters. The Bertz CT molecular complexity index is 1820. The second-order valence-electron chi connectivity index (χ2n) is 17.8. The number of rotatable bonds is 11. The lowest BCUT2D eigenvalue weighted by Gasteiger charge is -2.34. The van der Waals surface area contributed by atoms with E-state index in [0.717, 1.165) is 107 Å². The van der Waals surface area contributed by atoms with Gasteiger partial charge in [0.1, 0.15) is 5.60 Å². The van der Waals surface area contributed by atoms with Crippen molar-refractivity contribution in [3.8, 4) is 23.0 Å². The first kappa shape index (κ1) is 44.0. The zero-order valence-corrected chi connectivity index (χ0v) is 36.9. The minimum Gasteiger partial charge on any atom is -0.504 e. The van der Waals surface area contributed by atoms with Crippen molar-refractivity contribution in [1.29, 1.82) is 0 Å². The fraction of sp³-hybridized carbons (Fsp3) is 0.652. The number of anilines is 1. The number of benzene rings is 2. The molecule has 0 aromatic heterocycles. The fourth-order valence-electron chi connectivity index (χ4n) is 10.9. The largest absolute Gasteiger partial charge is 0.504 e. The lowest BCUT2D eigenvalue weighted by Crippen LogP contribution is -2.43. The topological polar surface area (TPSA) is 154 Å². The Hall–Kier alpha value is -3.10. The third kappa shape index (κ3) is 10.2. The Balaban J connectivity index is 1.20. The van der Waals surface area contributed by atoms with E-state index in [1.807, 2.05) is 31.3 Å². The van der Waals surface area contributed by atoms with Gasteiger partial charge in [0.05, 0.1) is 24.8 Å². The molecular formula is C46H66N4O7S2. The van der Waals surface area contributed by atoms with E-state index in [1.165, 1.54) is 0 Å². The first-order valence-corrected chi connectivity index (χ1v) is 24.4. The van der Waals surface area contributed by atoms with Crippen LogP contribution in [0.2, 0.25) is 0 Å². The first-order valence-electron chi connectivity index (χ1n) is 21.9. The van der Waals surface area contributed by atoms with Gasteiger partial charge in [-0.25, -0.2) is 0 Å². The average Bonchev–Trinajstić information content (AvgIpc) is 4.06. The molecule has 4 aliphatic carbocycles. The van der Waals surface area contributed by atoms with Crippen molar-refractivity contribution in [3.63, 3.8) is 0 Å². The molecule has 0 amide bonds. The molecule has 1 aliphatic heterocycles. The van der Waals surface area contributed by atoms with Crippen LogP contribution in [-0.2, 0) is 21.4 Å². The Labute approximate surface area is 358 Å². The molecule has 5 atom stereocenters. The van der Waals surface area contributed by atoms with Crippen molar-refractivity contribution in [2.24, 2.45) is 22.2 Å². The highest BCUT2D eigenvalue weighted by atomic mass is 33.1. The number of aliphatic imine (C=N–C) groups is 1. The average molecular weight is 851 g/mol. The van der Waals surface area contributed by atoms with E-state index < -0.39 is 17.3 Å². The number of phenols is 2. The number of hydrogen-bond acceptors (Lipinski definition) is 11. The van der Waals surface area contributed by atoms with Crippen LogP contribution >= 0.6 is 21.6 Å². The van der Waals surface area contributed by atoms with Crippen molar-refractivity contribution in [3.05, 3.63) is 53.6 Å². The molecule has 2 aromatic rings. The van der Waals surface area contributed by atoms with Crippen molar-refractivity contribution in [2.75, 3.05) is 44.7 Å². The highest BCUT2D eigenvalue weighted by molar-refractivity contribution is 8.76.